The summed E-state index contributed by atoms with van der Waals surface area (Å²) in [6, 6.07) is 9.84. The van der Waals surface area contributed by atoms with Gasteiger partial charge in [-0.25, -0.2) is 4.98 Å². The number of aryl methyl sites for hydroxylation is 2. The zero-order valence-electron chi connectivity index (χ0n) is 17.2. The quantitative estimate of drug-likeness (QED) is 0.293. The molecule has 0 spiro atoms. The monoisotopic (exact) mass is 451 g/mol. The molecular weight excluding hydrogens is 430 g/mol. The highest BCUT2D eigenvalue weighted by Gasteiger charge is 2.17. The Bertz CT molecular complexity index is 1210. The highest BCUT2D eigenvalue weighted by molar-refractivity contribution is 7.99. The van der Waals surface area contributed by atoms with Crippen molar-refractivity contribution in [2.75, 3.05) is 11.1 Å². The van der Waals surface area contributed by atoms with Crippen LogP contribution in [0.5, 0.6) is 0 Å². The van der Waals surface area contributed by atoms with Gasteiger partial charge in [-0.1, -0.05) is 30.0 Å². The van der Waals surface area contributed by atoms with Gasteiger partial charge in [0.25, 0.3) is 0 Å². The van der Waals surface area contributed by atoms with Gasteiger partial charge in [0, 0.05) is 17.5 Å². The standard InChI is InChI=1S/C22H21N5O2S2/c1-4-9-27-20(18-6-5-10-29-18)25-26-22(27)31-13-19(28)24-21-23-17(12-30-21)16-8-7-14(2)15(3)11-16/h4-8,10-12H,1,9,13H2,2-3H3,(H,23,24,28). The van der Waals surface area contributed by atoms with E-state index in [0.717, 1.165) is 11.3 Å². The van der Waals surface area contributed by atoms with E-state index >= 15 is 0 Å². The number of hydrogen-bond acceptors (Lipinski definition) is 7. The number of allylic oxidation sites excluding steroid dienone is 1. The van der Waals surface area contributed by atoms with Crippen LogP contribution in [0.4, 0.5) is 5.13 Å². The summed E-state index contributed by atoms with van der Waals surface area (Å²) in [6.45, 7) is 8.46. The Labute approximate surface area is 188 Å². The molecule has 4 aromatic rings. The first-order valence-corrected chi connectivity index (χ1v) is 11.5. The summed E-state index contributed by atoms with van der Waals surface area (Å²) in [7, 11) is 0. The summed E-state index contributed by atoms with van der Waals surface area (Å²) in [4.78, 5) is 17.0. The van der Waals surface area contributed by atoms with E-state index in [1.807, 2.05) is 22.1 Å². The lowest BCUT2D eigenvalue weighted by Gasteiger charge is -2.06. The van der Waals surface area contributed by atoms with Gasteiger partial charge in [0.2, 0.25) is 11.7 Å². The summed E-state index contributed by atoms with van der Waals surface area (Å²) in [5.41, 5.74) is 4.34. The topological polar surface area (TPSA) is 85.8 Å². The molecule has 4 rings (SSSR count). The minimum absolute atomic E-state index is 0.154. The number of hydrogen-bond donors (Lipinski definition) is 1. The van der Waals surface area contributed by atoms with Crippen molar-refractivity contribution in [3.05, 3.63) is 65.8 Å². The van der Waals surface area contributed by atoms with Crippen molar-refractivity contribution < 1.29 is 9.21 Å². The number of thiazole rings is 1. The number of amides is 1. The number of aromatic nitrogens is 4. The van der Waals surface area contributed by atoms with Gasteiger partial charge in [-0.3, -0.25) is 9.36 Å². The molecule has 0 aliphatic rings. The molecule has 0 bridgehead atoms. The van der Waals surface area contributed by atoms with Gasteiger partial charge < -0.3 is 9.73 Å². The lowest BCUT2D eigenvalue weighted by molar-refractivity contribution is -0.113. The van der Waals surface area contributed by atoms with E-state index in [-0.39, 0.29) is 11.7 Å². The first kappa shape index (κ1) is 21.1. The van der Waals surface area contributed by atoms with Gasteiger partial charge in [-0.15, -0.1) is 28.1 Å². The first-order valence-electron chi connectivity index (χ1n) is 9.59. The molecule has 0 aliphatic carbocycles. The van der Waals surface area contributed by atoms with Crippen molar-refractivity contribution in [1.29, 1.82) is 0 Å². The van der Waals surface area contributed by atoms with Gasteiger partial charge in [0.15, 0.2) is 16.0 Å². The fourth-order valence-corrected chi connectivity index (χ4v) is 4.41. The number of anilines is 1. The SMILES string of the molecule is C=CCn1c(SCC(=O)Nc2nc(-c3ccc(C)c(C)c3)cs2)nnc1-c1ccco1. The molecular formula is C22H21N5O2S2. The minimum atomic E-state index is -0.154. The van der Waals surface area contributed by atoms with Gasteiger partial charge in [0.05, 0.1) is 17.7 Å². The molecule has 0 fully saturated rings. The van der Waals surface area contributed by atoms with Crippen LogP contribution in [0, 0.1) is 13.8 Å². The number of furan rings is 1. The predicted molar refractivity (Wildman–Crippen MR) is 124 cm³/mol. The molecule has 3 heterocycles. The lowest BCUT2D eigenvalue weighted by atomic mass is 10.1. The van der Waals surface area contributed by atoms with E-state index < -0.39 is 0 Å². The molecule has 158 valence electrons. The van der Waals surface area contributed by atoms with Crippen LogP contribution in [-0.2, 0) is 11.3 Å². The molecule has 1 N–H and O–H groups in total. The Balaban J connectivity index is 1.40. The van der Waals surface area contributed by atoms with Crippen LogP contribution in [0.25, 0.3) is 22.8 Å². The summed E-state index contributed by atoms with van der Waals surface area (Å²) in [5, 5.41) is 14.4. The van der Waals surface area contributed by atoms with Crippen LogP contribution in [0.1, 0.15) is 11.1 Å². The number of nitrogens with zero attached hydrogens (tertiary/aromatic N) is 4. The molecule has 7 nitrogen and oxygen atoms in total. The second-order valence-corrected chi connectivity index (χ2v) is 8.66. The molecule has 1 aromatic carbocycles. The van der Waals surface area contributed by atoms with Gasteiger partial charge in [-0.2, -0.15) is 0 Å². The minimum Gasteiger partial charge on any atom is -0.461 e. The van der Waals surface area contributed by atoms with Crippen LogP contribution in [0.2, 0.25) is 0 Å². The van der Waals surface area contributed by atoms with E-state index in [1.165, 1.54) is 34.2 Å². The van der Waals surface area contributed by atoms with Crippen molar-refractivity contribution >= 4 is 34.1 Å². The summed E-state index contributed by atoms with van der Waals surface area (Å²) in [6.07, 6.45) is 3.34. The lowest BCUT2D eigenvalue weighted by Crippen LogP contribution is -2.14. The zero-order chi connectivity index (χ0) is 21.8. The van der Waals surface area contributed by atoms with Crippen molar-refractivity contribution in [3.8, 4) is 22.8 Å². The summed E-state index contributed by atoms with van der Waals surface area (Å²) in [5.74, 6) is 1.25. The molecule has 0 saturated carbocycles. The second kappa shape index (κ2) is 9.32. The molecule has 31 heavy (non-hydrogen) atoms. The number of benzene rings is 1. The zero-order valence-corrected chi connectivity index (χ0v) is 18.8. The molecule has 1 amide bonds. The molecule has 0 atom stereocenters. The third-order valence-corrected chi connectivity index (χ3v) is 6.38. The number of thioether (sulfide) groups is 1. The first-order chi connectivity index (χ1) is 15.0. The molecule has 3 aromatic heterocycles. The third-order valence-electron chi connectivity index (χ3n) is 4.66. The summed E-state index contributed by atoms with van der Waals surface area (Å²) >= 11 is 2.71. The average Bonchev–Trinajstić information content (AvgIpc) is 3.50. The number of carbonyl (C=O) groups excluding carboxylic acids is 1. The highest BCUT2D eigenvalue weighted by atomic mass is 32.2. The fourth-order valence-electron chi connectivity index (χ4n) is 2.93. The smallest absolute Gasteiger partial charge is 0.236 e. The number of carbonyl (C=O) groups is 1. The van der Waals surface area contributed by atoms with E-state index in [0.29, 0.717) is 28.4 Å². The van der Waals surface area contributed by atoms with Crippen LogP contribution in [-0.4, -0.2) is 31.4 Å². The Kier molecular flexibility index (Phi) is 6.34. The normalized spacial score (nSPS) is 10.9. The van der Waals surface area contributed by atoms with Crippen molar-refractivity contribution in [2.24, 2.45) is 0 Å². The molecule has 0 saturated heterocycles. The number of rotatable bonds is 8. The van der Waals surface area contributed by atoms with Gasteiger partial charge in [-0.05, 0) is 43.2 Å². The van der Waals surface area contributed by atoms with Crippen molar-refractivity contribution in [2.45, 2.75) is 25.5 Å². The largest absolute Gasteiger partial charge is 0.461 e. The highest BCUT2D eigenvalue weighted by Crippen LogP contribution is 2.27. The Hall–Kier alpha value is -3.17. The van der Waals surface area contributed by atoms with Crippen LogP contribution >= 0.6 is 23.1 Å². The predicted octanol–water partition coefficient (Wildman–Crippen LogP) is 5.20. The average molecular weight is 452 g/mol. The Morgan fingerprint density at radius 3 is 2.90 bits per heavy atom. The van der Waals surface area contributed by atoms with Crippen LogP contribution in [0.3, 0.4) is 0 Å². The number of nitrogens with one attached hydrogen (secondary N) is 1. The van der Waals surface area contributed by atoms with Crippen molar-refractivity contribution in [1.82, 2.24) is 19.7 Å². The molecule has 9 heteroatoms. The van der Waals surface area contributed by atoms with Crippen molar-refractivity contribution in [3.63, 3.8) is 0 Å². The van der Waals surface area contributed by atoms with E-state index in [4.69, 9.17) is 4.42 Å². The maximum atomic E-state index is 12.5. The molecule has 0 radical (unpaired) electrons. The van der Waals surface area contributed by atoms with Gasteiger partial charge in [0.1, 0.15) is 0 Å². The Morgan fingerprint density at radius 2 is 2.16 bits per heavy atom. The molecule has 0 unspecified atom stereocenters. The van der Waals surface area contributed by atoms with Crippen LogP contribution < -0.4 is 5.32 Å². The second-order valence-electron chi connectivity index (χ2n) is 6.86. The van der Waals surface area contributed by atoms with E-state index in [1.54, 1.807) is 18.4 Å². The summed E-state index contributed by atoms with van der Waals surface area (Å²) < 4.78 is 7.29. The van der Waals surface area contributed by atoms with Crippen LogP contribution in [0.15, 0.2) is 64.2 Å². The molecule has 0 aliphatic heterocycles. The fraction of sp³-hybridized carbons (Fsp3) is 0.182. The van der Waals surface area contributed by atoms with Gasteiger partial charge >= 0.3 is 0 Å². The maximum Gasteiger partial charge on any atom is 0.236 e. The van der Waals surface area contributed by atoms with E-state index in [2.05, 4.69) is 53.1 Å². The third kappa shape index (κ3) is 4.78. The maximum absolute atomic E-state index is 12.5. The Morgan fingerprint density at radius 1 is 1.29 bits per heavy atom. The van der Waals surface area contributed by atoms with E-state index in [9.17, 15) is 4.79 Å².